The molecule has 0 saturated carbocycles. The molecule has 140 valence electrons. The van der Waals surface area contributed by atoms with Crippen LogP contribution < -0.4 is 0 Å². The number of hydrogen-bond acceptors (Lipinski definition) is 8. The number of hydrogen-bond donors (Lipinski definition) is 0. The molecular weight excluding hydrogens is 344 g/mol. The molecule has 8 nitrogen and oxygen atoms in total. The van der Waals surface area contributed by atoms with Crippen LogP contribution in [-0.2, 0) is 44.5 Å². The third-order valence-corrected chi connectivity index (χ3v) is 3.48. The highest BCUT2D eigenvalue weighted by Gasteiger charge is 2.29. The molecule has 26 heavy (non-hydrogen) atoms. The molecule has 1 aromatic carbocycles. The predicted molar refractivity (Wildman–Crippen MR) is 89.7 cm³/mol. The van der Waals surface area contributed by atoms with Crippen LogP contribution in [0, 0.1) is 5.92 Å². The number of rotatable bonds is 7. The van der Waals surface area contributed by atoms with Crippen LogP contribution in [0.3, 0.4) is 0 Å². The quantitative estimate of drug-likeness (QED) is 0.231. The van der Waals surface area contributed by atoms with E-state index in [1.807, 2.05) is 0 Å². The second kappa shape index (κ2) is 9.97. The lowest BCUT2D eigenvalue weighted by Crippen LogP contribution is -2.28. The molecule has 0 unspecified atom stereocenters. The van der Waals surface area contributed by atoms with E-state index in [1.165, 1.54) is 20.3 Å². The number of carbonyl (C=O) groups is 4. The van der Waals surface area contributed by atoms with Crippen LogP contribution in [0.5, 0.6) is 0 Å². The van der Waals surface area contributed by atoms with E-state index in [1.54, 1.807) is 24.3 Å². The normalized spacial score (nSPS) is 9.88. The summed E-state index contributed by atoms with van der Waals surface area (Å²) in [5.74, 6) is -4.25. The van der Waals surface area contributed by atoms with E-state index in [-0.39, 0.29) is 12.0 Å². The minimum absolute atomic E-state index is 0.0345. The first-order chi connectivity index (χ1) is 12.4. The van der Waals surface area contributed by atoms with Crippen molar-refractivity contribution in [2.45, 2.75) is 6.42 Å². The van der Waals surface area contributed by atoms with Crippen molar-refractivity contribution in [2.75, 3.05) is 28.4 Å². The van der Waals surface area contributed by atoms with Gasteiger partial charge in [0, 0.05) is 0 Å². The molecule has 0 spiro atoms. The van der Waals surface area contributed by atoms with E-state index in [0.717, 1.165) is 14.2 Å². The van der Waals surface area contributed by atoms with Crippen molar-refractivity contribution in [2.24, 2.45) is 5.92 Å². The van der Waals surface area contributed by atoms with Gasteiger partial charge in [-0.1, -0.05) is 24.3 Å². The first-order valence-electron chi connectivity index (χ1n) is 7.50. The number of carbonyl (C=O) groups excluding carboxylic acids is 4. The number of esters is 4. The van der Waals surface area contributed by atoms with Crippen LogP contribution >= 0.6 is 0 Å². The van der Waals surface area contributed by atoms with Crippen molar-refractivity contribution in [3.8, 4) is 0 Å². The zero-order chi connectivity index (χ0) is 19.7. The van der Waals surface area contributed by atoms with Gasteiger partial charge in [0.15, 0.2) is 5.92 Å². The summed E-state index contributed by atoms with van der Waals surface area (Å²) >= 11 is 0. The number of ether oxygens (including phenoxy) is 4. The summed E-state index contributed by atoms with van der Waals surface area (Å²) in [5.41, 5.74) is 0.806. The predicted octanol–water partition coefficient (Wildman–Crippen LogP) is 0.921. The SMILES string of the molecule is COC(=O)C(=Cc1cccc(CC(C(=O)OC)C(=O)OC)c1)C(=O)OC. The highest BCUT2D eigenvalue weighted by molar-refractivity contribution is 6.17. The molecular formula is C18H20O8. The van der Waals surface area contributed by atoms with Crippen molar-refractivity contribution < 1.29 is 38.1 Å². The van der Waals surface area contributed by atoms with Crippen LogP contribution in [0.1, 0.15) is 11.1 Å². The van der Waals surface area contributed by atoms with Gasteiger partial charge in [0.1, 0.15) is 5.57 Å². The maximum absolute atomic E-state index is 11.8. The van der Waals surface area contributed by atoms with Gasteiger partial charge in [-0.05, 0) is 23.6 Å². The summed E-state index contributed by atoms with van der Waals surface area (Å²) in [7, 11) is 4.65. The standard InChI is InChI=1S/C18H20O8/c1-23-15(19)13(16(20)24-2)9-11-6-5-7-12(8-11)10-14(17(21)25-3)18(22)26-4/h5-9,14H,10H2,1-4H3. The molecule has 8 heteroatoms. The van der Waals surface area contributed by atoms with Gasteiger partial charge in [0.25, 0.3) is 0 Å². The molecule has 0 aromatic heterocycles. The van der Waals surface area contributed by atoms with Crippen LogP contribution in [-0.4, -0.2) is 52.3 Å². The van der Waals surface area contributed by atoms with E-state index in [2.05, 4.69) is 18.9 Å². The summed E-state index contributed by atoms with van der Waals surface area (Å²) in [5, 5.41) is 0. The average Bonchev–Trinajstić information content (AvgIpc) is 2.68. The summed E-state index contributed by atoms with van der Waals surface area (Å²) in [6.07, 6.45) is 1.33. The fourth-order valence-electron chi connectivity index (χ4n) is 2.18. The van der Waals surface area contributed by atoms with Crippen LogP contribution in [0.4, 0.5) is 0 Å². The first-order valence-corrected chi connectivity index (χ1v) is 7.50. The molecule has 0 saturated heterocycles. The topological polar surface area (TPSA) is 105 Å². The highest BCUT2D eigenvalue weighted by Crippen LogP contribution is 2.17. The summed E-state index contributed by atoms with van der Waals surface area (Å²) in [6.45, 7) is 0. The molecule has 0 N–H and O–H groups in total. The van der Waals surface area contributed by atoms with Crippen molar-refractivity contribution in [3.63, 3.8) is 0 Å². The van der Waals surface area contributed by atoms with Gasteiger partial charge in [-0.25, -0.2) is 9.59 Å². The molecule has 0 amide bonds. The monoisotopic (exact) mass is 364 g/mol. The molecule has 0 heterocycles. The molecule has 0 aliphatic heterocycles. The van der Waals surface area contributed by atoms with Gasteiger partial charge in [-0.15, -0.1) is 0 Å². The minimum atomic E-state index is -1.12. The lowest BCUT2D eigenvalue weighted by molar-refractivity contribution is -0.158. The third kappa shape index (κ3) is 5.44. The molecule has 0 fully saturated rings. The van der Waals surface area contributed by atoms with Crippen molar-refractivity contribution in [3.05, 3.63) is 41.0 Å². The average molecular weight is 364 g/mol. The van der Waals surface area contributed by atoms with E-state index in [9.17, 15) is 19.2 Å². The Hall–Kier alpha value is -3.16. The second-order valence-corrected chi connectivity index (χ2v) is 5.09. The van der Waals surface area contributed by atoms with Gasteiger partial charge in [-0.3, -0.25) is 9.59 Å². The Balaban J connectivity index is 3.18. The molecule has 0 aliphatic rings. The van der Waals surface area contributed by atoms with Crippen molar-refractivity contribution in [1.29, 1.82) is 0 Å². The number of benzene rings is 1. The van der Waals surface area contributed by atoms with Gasteiger partial charge in [0.05, 0.1) is 28.4 Å². The zero-order valence-electron chi connectivity index (χ0n) is 14.9. The van der Waals surface area contributed by atoms with Gasteiger partial charge < -0.3 is 18.9 Å². The third-order valence-electron chi connectivity index (χ3n) is 3.48. The maximum atomic E-state index is 11.8. The Morgan fingerprint density at radius 1 is 0.885 bits per heavy atom. The lowest BCUT2D eigenvalue weighted by Gasteiger charge is -2.12. The van der Waals surface area contributed by atoms with Crippen LogP contribution in [0.25, 0.3) is 6.08 Å². The Morgan fingerprint density at radius 3 is 1.88 bits per heavy atom. The molecule has 0 bridgehead atoms. The molecule has 1 rings (SSSR count). The van der Waals surface area contributed by atoms with Gasteiger partial charge >= 0.3 is 23.9 Å². The Kier molecular flexibility index (Phi) is 8.01. The maximum Gasteiger partial charge on any atom is 0.345 e. The highest BCUT2D eigenvalue weighted by atomic mass is 16.5. The lowest BCUT2D eigenvalue weighted by atomic mass is 9.97. The fourth-order valence-corrected chi connectivity index (χ4v) is 2.18. The fraction of sp³-hybridized carbons (Fsp3) is 0.333. The smallest absolute Gasteiger partial charge is 0.345 e. The first kappa shape index (κ1) is 20.9. The zero-order valence-corrected chi connectivity index (χ0v) is 14.9. The van der Waals surface area contributed by atoms with Crippen LogP contribution in [0.2, 0.25) is 0 Å². The molecule has 0 atom stereocenters. The van der Waals surface area contributed by atoms with E-state index in [4.69, 9.17) is 0 Å². The van der Waals surface area contributed by atoms with E-state index < -0.39 is 29.8 Å². The summed E-state index contributed by atoms with van der Waals surface area (Å²) < 4.78 is 18.4. The molecule has 0 radical (unpaired) electrons. The Morgan fingerprint density at radius 2 is 1.42 bits per heavy atom. The molecule has 0 aliphatic carbocycles. The van der Waals surface area contributed by atoms with Crippen molar-refractivity contribution in [1.82, 2.24) is 0 Å². The van der Waals surface area contributed by atoms with E-state index >= 15 is 0 Å². The van der Waals surface area contributed by atoms with Gasteiger partial charge in [-0.2, -0.15) is 0 Å². The molecule has 1 aromatic rings. The minimum Gasteiger partial charge on any atom is -0.468 e. The van der Waals surface area contributed by atoms with Crippen LogP contribution in [0.15, 0.2) is 29.8 Å². The summed E-state index contributed by atoms with van der Waals surface area (Å²) in [4.78, 5) is 47.0. The summed E-state index contributed by atoms with van der Waals surface area (Å²) in [6, 6.07) is 6.59. The van der Waals surface area contributed by atoms with Crippen molar-refractivity contribution >= 4 is 30.0 Å². The Labute approximate surface area is 150 Å². The Bertz CT molecular complexity index is 686. The van der Waals surface area contributed by atoms with Gasteiger partial charge in [0.2, 0.25) is 0 Å². The number of methoxy groups -OCH3 is 4. The largest absolute Gasteiger partial charge is 0.468 e. The second-order valence-electron chi connectivity index (χ2n) is 5.09. The van der Waals surface area contributed by atoms with E-state index in [0.29, 0.717) is 11.1 Å².